The Morgan fingerprint density at radius 1 is 1.21 bits per heavy atom. The molecule has 1 radical (unpaired) electrons. The fourth-order valence-corrected chi connectivity index (χ4v) is 1.73. The van der Waals surface area contributed by atoms with Gasteiger partial charge in [-0.1, -0.05) is 30.3 Å². The second kappa shape index (κ2) is 4.55. The molecule has 0 spiro atoms. The second-order valence-corrected chi connectivity index (χ2v) is 3.35. The summed E-state index contributed by atoms with van der Waals surface area (Å²) < 4.78 is 26.0. The van der Waals surface area contributed by atoms with Gasteiger partial charge in [-0.2, -0.15) is 0 Å². The van der Waals surface area contributed by atoms with Crippen molar-refractivity contribution in [3.63, 3.8) is 0 Å². The fourth-order valence-electron chi connectivity index (χ4n) is 1.73. The molecule has 1 aromatic rings. The van der Waals surface area contributed by atoms with Crippen molar-refractivity contribution in [3.8, 4) is 0 Å². The number of hydrogen-bond acceptors (Lipinski definition) is 1. The van der Waals surface area contributed by atoms with E-state index in [2.05, 4.69) is 0 Å². The standard InChI is InChI=1S/C10H10F2O.Ac/c11-10(12)8(6-13)9(10)7-4-2-1-3-5-7;/h1-5,8-9,13H,6H2;/t8-,9?;/m1./s1. The molecular formula is C10H10AcF2O. The smallest absolute Gasteiger partial charge is 0.261 e. The third-order valence-electron chi connectivity index (χ3n) is 2.56. The van der Waals surface area contributed by atoms with Gasteiger partial charge in [0.05, 0.1) is 18.4 Å². The summed E-state index contributed by atoms with van der Waals surface area (Å²) in [7, 11) is 0. The Bertz CT molecular complexity index is 302. The summed E-state index contributed by atoms with van der Waals surface area (Å²) in [5.74, 6) is -4.37. The summed E-state index contributed by atoms with van der Waals surface area (Å²) >= 11 is 0. The molecular weight excluding hydrogens is 401 g/mol. The molecule has 4 heteroatoms. The maximum absolute atomic E-state index is 13.0. The summed E-state index contributed by atoms with van der Waals surface area (Å²) in [6.45, 7) is -0.438. The average Bonchev–Trinajstić information content (AvgIpc) is 2.69. The Morgan fingerprint density at radius 2 is 1.79 bits per heavy atom. The Hall–Kier alpha value is 0.482. The molecule has 1 aliphatic carbocycles. The Labute approximate surface area is 117 Å². The van der Waals surface area contributed by atoms with Crippen LogP contribution in [-0.2, 0) is 0 Å². The topological polar surface area (TPSA) is 20.2 Å². The van der Waals surface area contributed by atoms with Crippen LogP contribution in [0, 0.1) is 50.0 Å². The van der Waals surface area contributed by atoms with Gasteiger partial charge in [0.25, 0.3) is 5.92 Å². The van der Waals surface area contributed by atoms with Crippen molar-refractivity contribution >= 4 is 0 Å². The molecule has 2 rings (SSSR count). The summed E-state index contributed by atoms with van der Waals surface area (Å²) in [4.78, 5) is 0. The Morgan fingerprint density at radius 3 is 2.21 bits per heavy atom. The van der Waals surface area contributed by atoms with E-state index in [1.807, 2.05) is 0 Å². The molecule has 1 N–H and O–H groups in total. The van der Waals surface area contributed by atoms with Crippen molar-refractivity contribution < 1.29 is 57.9 Å². The Kier molecular flexibility index (Phi) is 4.08. The molecule has 0 amide bonds. The maximum atomic E-state index is 13.0. The van der Waals surface area contributed by atoms with Crippen molar-refractivity contribution in [2.75, 3.05) is 6.61 Å². The summed E-state index contributed by atoms with van der Waals surface area (Å²) in [6, 6.07) is 8.61. The number of aliphatic hydroxyl groups is 1. The van der Waals surface area contributed by atoms with Gasteiger partial charge in [0, 0.05) is 44.1 Å². The number of halogens is 2. The summed E-state index contributed by atoms with van der Waals surface area (Å²) in [6.07, 6.45) is 0. The number of benzene rings is 1. The van der Waals surface area contributed by atoms with Crippen LogP contribution in [-0.4, -0.2) is 17.6 Å². The first-order valence-corrected chi connectivity index (χ1v) is 4.21. The van der Waals surface area contributed by atoms with E-state index in [1.165, 1.54) is 0 Å². The predicted molar refractivity (Wildman–Crippen MR) is 44.7 cm³/mol. The summed E-state index contributed by atoms with van der Waals surface area (Å²) in [5.41, 5.74) is 0.617. The minimum Gasteiger partial charge on any atom is -0.396 e. The minimum atomic E-state index is -2.71. The van der Waals surface area contributed by atoms with Crippen molar-refractivity contribution in [1.82, 2.24) is 0 Å². The molecule has 1 fully saturated rings. The second-order valence-electron chi connectivity index (χ2n) is 3.35. The number of alkyl halides is 2. The van der Waals surface area contributed by atoms with E-state index < -0.39 is 24.4 Å². The van der Waals surface area contributed by atoms with Crippen molar-refractivity contribution in [2.24, 2.45) is 5.92 Å². The van der Waals surface area contributed by atoms with Gasteiger partial charge in [-0.25, -0.2) is 8.78 Å². The van der Waals surface area contributed by atoms with E-state index in [0.717, 1.165) is 0 Å². The first-order valence-electron chi connectivity index (χ1n) is 4.21. The van der Waals surface area contributed by atoms with Gasteiger partial charge < -0.3 is 5.11 Å². The van der Waals surface area contributed by atoms with E-state index in [4.69, 9.17) is 5.11 Å². The van der Waals surface area contributed by atoms with Crippen LogP contribution in [0.2, 0.25) is 0 Å². The third kappa shape index (κ3) is 2.03. The molecule has 0 aliphatic heterocycles. The quantitative estimate of drug-likeness (QED) is 0.790. The van der Waals surface area contributed by atoms with Crippen LogP contribution in [0.15, 0.2) is 30.3 Å². The molecule has 0 aromatic heterocycles. The molecule has 1 nitrogen and oxygen atoms in total. The van der Waals surface area contributed by atoms with Gasteiger partial charge in [-0.05, 0) is 5.56 Å². The monoisotopic (exact) mass is 411 g/mol. The molecule has 14 heavy (non-hydrogen) atoms. The van der Waals surface area contributed by atoms with E-state index in [0.29, 0.717) is 5.56 Å². The average molecular weight is 411 g/mol. The van der Waals surface area contributed by atoms with Crippen molar-refractivity contribution in [1.29, 1.82) is 0 Å². The normalized spacial score (nSPS) is 27.9. The van der Waals surface area contributed by atoms with Crippen molar-refractivity contribution in [2.45, 2.75) is 11.8 Å². The molecule has 0 bridgehead atoms. The van der Waals surface area contributed by atoms with Gasteiger partial charge in [0.1, 0.15) is 0 Å². The number of aliphatic hydroxyl groups excluding tert-OH is 1. The van der Waals surface area contributed by atoms with Crippen LogP contribution in [0.25, 0.3) is 0 Å². The van der Waals surface area contributed by atoms with Gasteiger partial charge >= 0.3 is 0 Å². The van der Waals surface area contributed by atoms with E-state index in [1.54, 1.807) is 30.3 Å². The first-order chi connectivity index (χ1) is 6.18. The van der Waals surface area contributed by atoms with E-state index in [9.17, 15) is 8.78 Å². The molecule has 1 unspecified atom stereocenters. The largest absolute Gasteiger partial charge is 0.396 e. The Balaban J connectivity index is 0.000000980. The molecule has 2 atom stereocenters. The van der Waals surface area contributed by atoms with Crippen molar-refractivity contribution in [3.05, 3.63) is 35.9 Å². The van der Waals surface area contributed by atoms with Gasteiger partial charge in [-0.3, -0.25) is 0 Å². The molecule has 73 valence electrons. The first kappa shape index (κ1) is 12.6. The van der Waals surface area contributed by atoms with Gasteiger partial charge in [-0.15, -0.1) is 0 Å². The van der Waals surface area contributed by atoms with Crippen LogP contribution < -0.4 is 0 Å². The SMILES string of the molecule is OC[C@@H]1C(c2ccccc2)C1(F)F.[Ac]. The molecule has 0 heterocycles. The third-order valence-corrected chi connectivity index (χ3v) is 2.56. The molecule has 1 aromatic carbocycles. The van der Waals surface area contributed by atoms with Crippen LogP contribution in [0.1, 0.15) is 11.5 Å². The van der Waals surface area contributed by atoms with Crippen LogP contribution >= 0.6 is 0 Å². The number of hydrogen-bond donors (Lipinski definition) is 1. The zero-order valence-electron chi connectivity index (χ0n) is 7.53. The molecule has 1 saturated carbocycles. The zero-order valence-corrected chi connectivity index (χ0v) is 12.3. The number of rotatable bonds is 2. The fraction of sp³-hybridized carbons (Fsp3) is 0.400. The minimum absolute atomic E-state index is 0. The predicted octanol–water partition coefficient (Wildman–Crippen LogP) is 2.03. The summed E-state index contributed by atoms with van der Waals surface area (Å²) in [5, 5.41) is 8.69. The van der Waals surface area contributed by atoms with Crippen LogP contribution in [0.3, 0.4) is 0 Å². The van der Waals surface area contributed by atoms with Gasteiger partial charge in [0.15, 0.2) is 0 Å². The van der Waals surface area contributed by atoms with E-state index >= 15 is 0 Å². The maximum Gasteiger partial charge on any atom is 0.261 e. The zero-order chi connectivity index (χ0) is 9.47. The van der Waals surface area contributed by atoms with Crippen LogP contribution in [0.5, 0.6) is 0 Å². The molecule has 0 saturated heterocycles. The van der Waals surface area contributed by atoms with Gasteiger partial charge in [0.2, 0.25) is 0 Å². The van der Waals surface area contributed by atoms with Crippen LogP contribution in [0.4, 0.5) is 8.78 Å². The van der Waals surface area contributed by atoms with E-state index in [-0.39, 0.29) is 44.1 Å². The molecule has 1 aliphatic rings.